The summed E-state index contributed by atoms with van der Waals surface area (Å²) in [6.45, 7) is 3.48. The molecule has 0 saturated carbocycles. The molecule has 3 aliphatic heterocycles. The molecule has 9 heteroatoms. The molecule has 0 radical (unpaired) electrons. The van der Waals surface area contributed by atoms with E-state index in [1.807, 2.05) is 6.92 Å². The maximum atomic E-state index is 13.6. The standard InChI is InChI=1S/C23H30N2O7/c1-4-14(12-26)25-19(20(27)24-13-6-8-15(30-3)9-7-13)23-11-10-16(32-23)17(18(23)21(25)28)22(29)31-5-2/h6-9,14,16-19,26H,4-5,10-12H2,1-3H3,(H,24,27)/t14-,16+,17-,18-,19+,23-/m0/s1. The van der Waals surface area contributed by atoms with Crippen molar-refractivity contribution in [1.82, 2.24) is 4.90 Å². The quantitative estimate of drug-likeness (QED) is 0.579. The van der Waals surface area contributed by atoms with Gasteiger partial charge in [0.05, 0.1) is 44.3 Å². The first-order chi connectivity index (χ1) is 15.4. The number of anilines is 1. The zero-order valence-corrected chi connectivity index (χ0v) is 18.6. The molecule has 0 unspecified atom stereocenters. The molecule has 6 atom stereocenters. The molecule has 1 aromatic rings. The van der Waals surface area contributed by atoms with E-state index >= 15 is 0 Å². The van der Waals surface area contributed by atoms with Gasteiger partial charge in [0.1, 0.15) is 17.4 Å². The fourth-order valence-electron chi connectivity index (χ4n) is 5.59. The van der Waals surface area contributed by atoms with Gasteiger partial charge in [-0.05, 0) is 50.5 Å². The lowest BCUT2D eigenvalue weighted by molar-refractivity contribution is -0.155. The number of carbonyl (C=O) groups excluding carboxylic acids is 3. The van der Waals surface area contributed by atoms with E-state index in [4.69, 9.17) is 14.2 Å². The van der Waals surface area contributed by atoms with Crippen molar-refractivity contribution in [3.05, 3.63) is 24.3 Å². The van der Waals surface area contributed by atoms with Gasteiger partial charge in [0.2, 0.25) is 11.8 Å². The average Bonchev–Trinajstić information content (AvgIpc) is 3.43. The summed E-state index contributed by atoms with van der Waals surface area (Å²) in [6.07, 6.45) is 1.08. The van der Waals surface area contributed by atoms with Crippen LogP contribution in [0.15, 0.2) is 24.3 Å². The number of hydrogen-bond acceptors (Lipinski definition) is 7. The minimum Gasteiger partial charge on any atom is -0.497 e. The fourth-order valence-corrected chi connectivity index (χ4v) is 5.59. The molecule has 0 aromatic heterocycles. The zero-order valence-electron chi connectivity index (χ0n) is 18.6. The van der Waals surface area contributed by atoms with Gasteiger partial charge in [-0.15, -0.1) is 0 Å². The predicted octanol–water partition coefficient (Wildman–Crippen LogP) is 1.34. The first-order valence-electron chi connectivity index (χ1n) is 11.1. The van der Waals surface area contributed by atoms with Crippen LogP contribution in [0, 0.1) is 11.8 Å². The van der Waals surface area contributed by atoms with Crippen molar-refractivity contribution in [1.29, 1.82) is 0 Å². The van der Waals surface area contributed by atoms with Gasteiger partial charge in [-0.1, -0.05) is 6.92 Å². The van der Waals surface area contributed by atoms with Crippen LogP contribution in [0.3, 0.4) is 0 Å². The molecule has 3 heterocycles. The normalized spacial score (nSPS) is 31.4. The van der Waals surface area contributed by atoms with Crippen molar-refractivity contribution in [2.24, 2.45) is 11.8 Å². The monoisotopic (exact) mass is 446 g/mol. The molecule has 2 amide bonds. The molecule has 9 nitrogen and oxygen atoms in total. The summed E-state index contributed by atoms with van der Waals surface area (Å²) >= 11 is 0. The second-order valence-electron chi connectivity index (χ2n) is 8.52. The van der Waals surface area contributed by atoms with Gasteiger partial charge in [-0.3, -0.25) is 14.4 Å². The summed E-state index contributed by atoms with van der Waals surface area (Å²) in [5.41, 5.74) is -0.562. The number of aliphatic hydroxyl groups excluding tert-OH is 1. The molecule has 4 rings (SSSR count). The maximum absolute atomic E-state index is 13.6. The number of amides is 2. The lowest BCUT2D eigenvalue weighted by Crippen LogP contribution is -2.56. The Morgan fingerprint density at radius 3 is 2.62 bits per heavy atom. The highest BCUT2D eigenvalue weighted by Gasteiger charge is 2.75. The Balaban J connectivity index is 1.70. The number of hydrogen-bond donors (Lipinski definition) is 2. The number of nitrogens with zero attached hydrogens (tertiary/aromatic N) is 1. The topological polar surface area (TPSA) is 114 Å². The number of ether oxygens (including phenoxy) is 3. The van der Waals surface area contributed by atoms with Gasteiger partial charge in [-0.25, -0.2) is 0 Å². The number of likely N-dealkylation sites (tertiary alicyclic amines) is 1. The lowest BCUT2D eigenvalue weighted by atomic mass is 9.70. The minimum absolute atomic E-state index is 0.204. The van der Waals surface area contributed by atoms with E-state index in [2.05, 4.69) is 5.32 Å². The Morgan fingerprint density at radius 2 is 2.03 bits per heavy atom. The van der Waals surface area contributed by atoms with Crippen LogP contribution < -0.4 is 10.1 Å². The summed E-state index contributed by atoms with van der Waals surface area (Å²) < 4.78 is 16.7. The maximum Gasteiger partial charge on any atom is 0.312 e. The average molecular weight is 447 g/mol. The summed E-state index contributed by atoms with van der Waals surface area (Å²) in [5.74, 6) is -2.09. The van der Waals surface area contributed by atoms with E-state index in [0.717, 1.165) is 0 Å². The first-order valence-corrected chi connectivity index (χ1v) is 11.1. The highest BCUT2D eigenvalue weighted by atomic mass is 16.6. The van der Waals surface area contributed by atoms with Crippen molar-refractivity contribution < 1.29 is 33.7 Å². The molecule has 0 aliphatic carbocycles. The third-order valence-electron chi connectivity index (χ3n) is 6.98. The van der Waals surface area contributed by atoms with Gasteiger partial charge >= 0.3 is 5.97 Å². The number of methoxy groups -OCH3 is 1. The number of benzene rings is 1. The Bertz CT molecular complexity index is 885. The van der Waals surface area contributed by atoms with E-state index < -0.39 is 47.5 Å². The molecule has 32 heavy (non-hydrogen) atoms. The molecular weight excluding hydrogens is 416 g/mol. The second-order valence-corrected chi connectivity index (χ2v) is 8.52. The fraction of sp³-hybridized carbons (Fsp3) is 0.609. The third-order valence-corrected chi connectivity index (χ3v) is 6.98. The van der Waals surface area contributed by atoms with Crippen molar-refractivity contribution in [2.45, 2.75) is 56.9 Å². The van der Waals surface area contributed by atoms with Crippen molar-refractivity contribution >= 4 is 23.5 Å². The van der Waals surface area contributed by atoms with E-state index in [1.54, 1.807) is 38.3 Å². The van der Waals surface area contributed by atoms with Crippen molar-refractivity contribution in [3.63, 3.8) is 0 Å². The SMILES string of the molecule is CCOC(=O)[C@@H]1[C@H]2C(=O)N([C@@H](CC)CO)[C@H](C(=O)Nc3ccc(OC)cc3)[C@]23CC[C@H]1O3. The van der Waals surface area contributed by atoms with Gasteiger partial charge in [0.15, 0.2) is 0 Å². The Morgan fingerprint density at radius 1 is 1.31 bits per heavy atom. The Labute approximate surface area is 187 Å². The number of nitrogens with one attached hydrogen (secondary N) is 1. The number of aliphatic hydroxyl groups is 1. The Hall–Kier alpha value is -2.65. The minimum atomic E-state index is -1.11. The summed E-state index contributed by atoms with van der Waals surface area (Å²) in [7, 11) is 1.56. The molecule has 3 saturated heterocycles. The second kappa shape index (κ2) is 8.71. The van der Waals surface area contributed by atoms with Crippen molar-refractivity contribution in [2.75, 3.05) is 25.6 Å². The van der Waals surface area contributed by atoms with Gasteiger partial charge in [0, 0.05) is 5.69 Å². The third kappa shape index (κ3) is 3.34. The Kier molecular flexibility index (Phi) is 6.13. The highest BCUT2D eigenvalue weighted by Crippen LogP contribution is 2.59. The molecule has 174 valence electrons. The number of fused-ring (bicyclic) bond motifs is 1. The van der Waals surface area contributed by atoms with Crippen LogP contribution in [0.1, 0.15) is 33.1 Å². The number of carbonyl (C=O) groups is 3. The molecule has 1 spiro atoms. The zero-order chi connectivity index (χ0) is 23.0. The van der Waals surface area contributed by atoms with Gasteiger partial charge in [-0.2, -0.15) is 0 Å². The highest BCUT2D eigenvalue weighted by molar-refractivity contribution is 6.03. The van der Waals surface area contributed by atoms with Crippen molar-refractivity contribution in [3.8, 4) is 5.75 Å². The first kappa shape index (κ1) is 22.5. The van der Waals surface area contributed by atoms with E-state index in [9.17, 15) is 19.5 Å². The molecule has 2 N–H and O–H groups in total. The molecule has 1 aromatic carbocycles. The van der Waals surface area contributed by atoms with E-state index in [0.29, 0.717) is 30.7 Å². The van der Waals surface area contributed by atoms with Crippen LogP contribution in [0.5, 0.6) is 5.75 Å². The largest absolute Gasteiger partial charge is 0.497 e. The molecule has 3 aliphatic rings. The molecular formula is C23H30N2O7. The van der Waals surface area contributed by atoms with Crippen LogP contribution >= 0.6 is 0 Å². The number of rotatable bonds is 8. The van der Waals surface area contributed by atoms with E-state index in [-0.39, 0.29) is 19.1 Å². The molecule has 2 bridgehead atoms. The predicted molar refractivity (Wildman–Crippen MR) is 114 cm³/mol. The smallest absolute Gasteiger partial charge is 0.312 e. The summed E-state index contributed by atoms with van der Waals surface area (Å²) in [6, 6.07) is 5.37. The van der Waals surface area contributed by atoms with Crippen LogP contribution in [-0.4, -0.2) is 71.9 Å². The number of esters is 1. The van der Waals surface area contributed by atoms with E-state index in [1.165, 1.54) is 4.90 Å². The molecule has 3 fully saturated rings. The van der Waals surface area contributed by atoms with Crippen LogP contribution in [0.2, 0.25) is 0 Å². The van der Waals surface area contributed by atoms with Crippen LogP contribution in [-0.2, 0) is 23.9 Å². The van der Waals surface area contributed by atoms with Crippen LogP contribution in [0.4, 0.5) is 5.69 Å². The lowest BCUT2D eigenvalue weighted by Gasteiger charge is -2.36. The summed E-state index contributed by atoms with van der Waals surface area (Å²) in [5, 5.41) is 12.9. The summed E-state index contributed by atoms with van der Waals surface area (Å²) in [4.78, 5) is 41.4. The van der Waals surface area contributed by atoms with Gasteiger partial charge in [0.25, 0.3) is 0 Å². The van der Waals surface area contributed by atoms with Crippen LogP contribution in [0.25, 0.3) is 0 Å². The van der Waals surface area contributed by atoms with Gasteiger partial charge < -0.3 is 29.5 Å².